The summed E-state index contributed by atoms with van der Waals surface area (Å²) in [5, 5.41) is 17.2. The minimum atomic E-state index is -3.75. The standard InChI is InChI=1S/C36H55N5O8S/c1-33(2,3)28(38-32(45)49-34(4,5)6)30(43)41-23-36(46,25-12-10-11-24(19-25)21-40-17-8-7-9-18-40)20-27(41)29(42)37-22-35(15-16-35)31(44)39-50(47,48)26-13-14-26/h10-12,19,26-28,46H,7-9,13-18,20-23H2,1-6H3,(H,37,42)(H,38,45)(H,39,44)/t27-,28+,36-/m0/s1. The van der Waals surface area contributed by atoms with Gasteiger partial charge in [0, 0.05) is 19.5 Å². The number of benzene rings is 1. The molecule has 2 saturated carbocycles. The number of hydrogen-bond donors (Lipinski definition) is 4. The van der Waals surface area contributed by atoms with Crippen LogP contribution in [0.3, 0.4) is 0 Å². The van der Waals surface area contributed by atoms with Crippen molar-refractivity contribution in [3.8, 4) is 0 Å². The Bertz CT molecular complexity index is 1570. The van der Waals surface area contributed by atoms with Crippen molar-refractivity contribution in [3.63, 3.8) is 0 Å². The van der Waals surface area contributed by atoms with Crippen molar-refractivity contribution in [2.24, 2.45) is 10.8 Å². The zero-order chi connectivity index (χ0) is 36.7. The van der Waals surface area contributed by atoms with Crippen LogP contribution in [0.4, 0.5) is 4.79 Å². The quantitative estimate of drug-likeness (QED) is 0.268. The molecule has 2 aliphatic heterocycles. The maximum atomic E-state index is 14.4. The van der Waals surface area contributed by atoms with Crippen molar-refractivity contribution in [2.45, 2.75) is 128 Å². The van der Waals surface area contributed by atoms with Crippen LogP contribution in [0.15, 0.2) is 24.3 Å². The van der Waals surface area contributed by atoms with Gasteiger partial charge >= 0.3 is 6.09 Å². The Labute approximate surface area is 296 Å². The topological polar surface area (TPSA) is 174 Å². The van der Waals surface area contributed by atoms with Gasteiger partial charge in [0.2, 0.25) is 27.7 Å². The van der Waals surface area contributed by atoms with Crippen molar-refractivity contribution in [1.82, 2.24) is 25.2 Å². The number of rotatable bonds is 11. The second kappa shape index (κ2) is 14.1. The lowest BCUT2D eigenvalue weighted by Crippen LogP contribution is -2.58. The van der Waals surface area contributed by atoms with Gasteiger partial charge < -0.3 is 25.4 Å². The molecule has 1 aromatic carbocycles. The maximum absolute atomic E-state index is 14.4. The first-order chi connectivity index (χ1) is 23.2. The first kappa shape index (κ1) is 38.0. The number of nitrogens with one attached hydrogen (secondary N) is 3. The lowest BCUT2D eigenvalue weighted by atomic mass is 9.85. The van der Waals surface area contributed by atoms with Gasteiger partial charge in [0.15, 0.2) is 0 Å². The van der Waals surface area contributed by atoms with Crippen molar-refractivity contribution >= 4 is 33.8 Å². The van der Waals surface area contributed by atoms with Gasteiger partial charge in [-0.25, -0.2) is 13.2 Å². The van der Waals surface area contributed by atoms with Gasteiger partial charge in [0.25, 0.3) is 0 Å². The molecule has 2 aliphatic carbocycles. The number of likely N-dealkylation sites (tertiary alicyclic amines) is 2. The summed E-state index contributed by atoms with van der Waals surface area (Å²) >= 11 is 0. The summed E-state index contributed by atoms with van der Waals surface area (Å²) in [7, 11) is -3.75. The fourth-order valence-corrected chi connectivity index (χ4v) is 8.24. The normalized spacial score (nSPS) is 24.6. The third kappa shape index (κ3) is 9.16. The van der Waals surface area contributed by atoms with Crippen LogP contribution >= 0.6 is 0 Å². The summed E-state index contributed by atoms with van der Waals surface area (Å²) < 4.78 is 32.6. The number of hydrogen-bond acceptors (Lipinski definition) is 9. The molecule has 0 unspecified atom stereocenters. The SMILES string of the molecule is CC(C)(C)OC(=O)N[C@H](C(=O)N1C[C@](O)(c2cccc(CN3CCCCC3)c2)C[C@H]1C(=O)NCC1(C(=O)NS(=O)(=O)C2CC2)CC1)C(C)(C)C. The Morgan fingerprint density at radius 3 is 2.26 bits per heavy atom. The lowest BCUT2D eigenvalue weighted by Gasteiger charge is -2.36. The number of carbonyl (C=O) groups is 4. The molecule has 2 heterocycles. The highest BCUT2D eigenvalue weighted by Crippen LogP contribution is 2.46. The van der Waals surface area contributed by atoms with Gasteiger partial charge in [-0.3, -0.25) is 24.0 Å². The van der Waals surface area contributed by atoms with Gasteiger partial charge in [0.1, 0.15) is 23.3 Å². The number of piperidine rings is 1. The number of carbonyl (C=O) groups excluding carboxylic acids is 4. The molecule has 5 rings (SSSR count). The highest BCUT2D eigenvalue weighted by atomic mass is 32.2. The van der Waals surface area contributed by atoms with E-state index in [-0.39, 0.29) is 19.5 Å². The highest BCUT2D eigenvalue weighted by molar-refractivity contribution is 7.90. The van der Waals surface area contributed by atoms with Crippen LogP contribution in [0, 0.1) is 10.8 Å². The van der Waals surface area contributed by atoms with Gasteiger partial charge in [0.05, 0.1) is 17.2 Å². The van der Waals surface area contributed by atoms with Crippen molar-refractivity contribution in [2.75, 3.05) is 26.2 Å². The summed E-state index contributed by atoms with van der Waals surface area (Å²) in [6.45, 7) is 12.9. The Morgan fingerprint density at radius 1 is 1.02 bits per heavy atom. The monoisotopic (exact) mass is 717 g/mol. The maximum Gasteiger partial charge on any atom is 0.408 e. The largest absolute Gasteiger partial charge is 0.444 e. The number of aliphatic hydroxyl groups is 1. The van der Waals surface area contributed by atoms with Crippen LogP contribution in [-0.4, -0.2) is 96.3 Å². The van der Waals surface area contributed by atoms with Crippen LogP contribution in [0.2, 0.25) is 0 Å². The number of sulfonamides is 1. The second-order valence-electron chi connectivity index (χ2n) is 16.9. The minimum Gasteiger partial charge on any atom is -0.444 e. The molecule has 4 N–H and O–H groups in total. The molecule has 0 aromatic heterocycles. The van der Waals surface area contributed by atoms with Gasteiger partial charge in [-0.2, -0.15) is 0 Å². The molecule has 0 radical (unpaired) electrons. The Morgan fingerprint density at radius 2 is 1.68 bits per heavy atom. The first-order valence-corrected chi connectivity index (χ1v) is 19.4. The number of ether oxygens (including phenoxy) is 1. The third-order valence-electron chi connectivity index (χ3n) is 10.2. The smallest absolute Gasteiger partial charge is 0.408 e. The van der Waals surface area contributed by atoms with Crippen molar-refractivity contribution in [1.29, 1.82) is 0 Å². The van der Waals surface area contributed by atoms with E-state index in [0.717, 1.165) is 38.0 Å². The summed E-state index contributed by atoms with van der Waals surface area (Å²) in [4.78, 5) is 58.1. The number of β-amino-alcohol motifs (C(OH)–C–C–N with tert-alkyl or cyclic N) is 1. The molecule has 50 heavy (non-hydrogen) atoms. The van der Waals surface area contributed by atoms with E-state index in [1.807, 2.05) is 18.2 Å². The Hall–Kier alpha value is -3.23. The minimum absolute atomic E-state index is 0.112. The molecule has 14 heteroatoms. The summed E-state index contributed by atoms with van der Waals surface area (Å²) in [6.07, 6.45) is 4.45. The van der Waals surface area contributed by atoms with Gasteiger partial charge in [-0.1, -0.05) is 51.5 Å². The summed E-state index contributed by atoms with van der Waals surface area (Å²) in [5.41, 5.74) is -2.66. The predicted molar refractivity (Wildman–Crippen MR) is 187 cm³/mol. The van der Waals surface area contributed by atoms with Crippen LogP contribution in [0.5, 0.6) is 0 Å². The zero-order valence-electron chi connectivity index (χ0n) is 30.3. The van der Waals surface area contributed by atoms with Crippen molar-refractivity contribution in [3.05, 3.63) is 35.4 Å². The van der Waals surface area contributed by atoms with E-state index in [9.17, 15) is 32.7 Å². The van der Waals surface area contributed by atoms with E-state index in [1.54, 1.807) is 47.6 Å². The van der Waals surface area contributed by atoms with Gasteiger partial charge in [-0.15, -0.1) is 0 Å². The molecule has 0 bridgehead atoms. The molecule has 0 spiro atoms. The number of nitrogens with zero attached hydrogens (tertiary/aromatic N) is 2. The molecule has 4 fully saturated rings. The molecule has 1 aromatic rings. The third-order valence-corrected chi connectivity index (χ3v) is 12.0. The Kier molecular flexibility index (Phi) is 10.7. The van der Waals surface area contributed by atoms with Crippen LogP contribution < -0.4 is 15.4 Å². The second-order valence-corrected chi connectivity index (χ2v) is 18.8. The fourth-order valence-electron chi connectivity index (χ4n) is 6.84. The molecule has 4 amide bonds. The van der Waals surface area contributed by atoms with E-state index in [2.05, 4.69) is 20.3 Å². The van der Waals surface area contributed by atoms with Crippen LogP contribution in [-0.2, 0) is 41.3 Å². The number of amides is 4. The van der Waals surface area contributed by atoms with E-state index in [4.69, 9.17) is 4.74 Å². The van der Waals surface area contributed by atoms with E-state index in [0.29, 0.717) is 31.2 Å². The van der Waals surface area contributed by atoms with E-state index in [1.165, 1.54) is 11.3 Å². The molecule has 4 aliphatic rings. The predicted octanol–water partition coefficient (Wildman–Crippen LogP) is 2.91. The molecule has 278 valence electrons. The highest BCUT2D eigenvalue weighted by Gasteiger charge is 2.55. The van der Waals surface area contributed by atoms with Crippen LogP contribution in [0.25, 0.3) is 0 Å². The lowest BCUT2D eigenvalue weighted by molar-refractivity contribution is -0.142. The van der Waals surface area contributed by atoms with E-state index < -0.39 is 73.2 Å². The molecule has 13 nitrogen and oxygen atoms in total. The average Bonchev–Trinajstić information content (AvgIpc) is 3.95. The fraction of sp³-hybridized carbons (Fsp3) is 0.722. The molecular weight excluding hydrogens is 662 g/mol. The zero-order valence-corrected chi connectivity index (χ0v) is 31.2. The molecule has 2 saturated heterocycles. The first-order valence-electron chi connectivity index (χ1n) is 17.9. The van der Waals surface area contributed by atoms with E-state index >= 15 is 0 Å². The summed E-state index contributed by atoms with van der Waals surface area (Å²) in [5.74, 6) is -1.77. The number of alkyl carbamates (subject to hydrolysis) is 1. The summed E-state index contributed by atoms with van der Waals surface area (Å²) in [6, 6.07) is 5.37. The average molecular weight is 718 g/mol. The Balaban J connectivity index is 1.38. The van der Waals surface area contributed by atoms with Crippen LogP contribution in [0.1, 0.15) is 104 Å². The molecule has 3 atom stereocenters. The molecular formula is C36H55N5O8S. The van der Waals surface area contributed by atoms with Crippen molar-refractivity contribution < 1.29 is 37.4 Å². The van der Waals surface area contributed by atoms with Gasteiger partial charge in [-0.05, 0) is 88.9 Å².